The van der Waals surface area contributed by atoms with Crippen LogP contribution in [0.4, 0.5) is 5.69 Å². The van der Waals surface area contributed by atoms with E-state index in [0.29, 0.717) is 0 Å². The van der Waals surface area contributed by atoms with Gasteiger partial charge in [0.25, 0.3) is 5.69 Å². The van der Waals surface area contributed by atoms with Crippen LogP contribution in [0.2, 0.25) is 0 Å². The number of nitro groups is 1. The summed E-state index contributed by atoms with van der Waals surface area (Å²) in [6.07, 6.45) is 0. The topological polar surface area (TPSA) is 201 Å². The first-order chi connectivity index (χ1) is 10.7. The highest BCUT2D eigenvalue weighted by Crippen LogP contribution is 2.34. The summed E-state index contributed by atoms with van der Waals surface area (Å²) in [6.45, 7) is 0. The maximum Gasteiger partial charge on any atom is 0.314 e. The Bertz CT molecular complexity index is 1210. The van der Waals surface area contributed by atoms with Crippen LogP contribution in [-0.2, 0) is 10.0 Å². The Morgan fingerprint density at radius 3 is 2.33 bits per heavy atom. The van der Waals surface area contributed by atoms with Gasteiger partial charge in [-0.05, 0) is 6.07 Å². The third-order valence-corrected chi connectivity index (χ3v) is 4.25. The Morgan fingerprint density at radius 2 is 1.75 bits per heavy atom. The number of aromatic nitrogens is 2. The van der Waals surface area contributed by atoms with E-state index >= 15 is 0 Å². The molecule has 2 aromatic carbocycles. The molecule has 1 aromatic heterocycles. The van der Waals surface area contributed by atoms with E-state index in [1.807, 2.05) is 0 Å². The molecule has 0 unspecified atom stereocenters. The maximum atomic E-state index is 11.7. The lowest BCUT2D eigenvalue weighted by atomic mass is 10.1. The number of primary sulfonamides is 1. The average Bonchev–Trinajstić information content (AvgIpc) is 2.46. The second-order valence-corrected chi connectivity index (χ2v) is 6.24. The fourth-order valence-corrected chi connectivity index (χ4v) is 3.16. The van der Waals surface area contributed by atoms with Crippen molar-refractivity contribution in [3.63, 3.8) is 0 Å². The number of hydrogen-bond donors (Lipinski definition) is 3. The van der Waals surface area contributed by atoms with Crippen LogP contribution >= 0.6 is 0 Å². The predicted molar refractivity (Wildman–Crippen MR) is 84.3 cm³/mol. The number of H-pyrrole nitrogens is 2. The maximum absolute atomic E-state index is 11.7. The number of hydrogen-bond acceptors (Lipinski definition) is 6. The fraction of sp³-hybridized carbons (Fsp3) is 0. The molecule has 0 saturated carbocycles. The van der Waals surface area contributed by atoms with Crippen molar-refractivity contribution in [2.75, 3.05) is 0 Å². The molecule has 12 heteroatoms. The van der Waals surface area contributed by atoms with Crippen molar-refractivity contribution >= 4 is 37.5 Å². The second kappa shape index (κ2) is 5.52. The van der Waals surface area contributed by atoms with Gasteiger partial charge in [-0.25, -0.2) is 13.6 Å². The first-order valence-corrected chi connectivity index (χ1v) is 7.64. The van der Waals surface area contributed by atoms with E-state index in [1.54, 1.807) is 0 Å². The Morgan fingerprint density at radius 1 is 1.12 bits per heavy atom. The minimum absolute atomic E-state index is 0. The zero-order chi connectivity index (χ0) is 16.9. The number of nitrogens with zero attached hydrogens (tertiary/aromatic N) is 1. The first kappa shape index (κ1) is 17.3. The highest BCUT2D eigenvalue weighted by atomic mass is 32.2. The number of fused-ring (bicyclic) bond motifs is 3. The highest BCUT2D eigenvalue weighted by molar-refractivity contribution is 7.89. The molecule has 0 amide bonds. The quantitative estimate of drug-likeness (QED) is 0.230. The van der Waals surface area contributed by atoms with E-state index in [1.165, 1.54) is 12.1 Å². The lowest BCUT2D eigenvalue weighted by Gasteiger charge is -2.08. The summed E-state index contributed by atoms with van der Waals surface area (Å²) in [5.74, 6) is 0. The molecule has 3 rings (SSSR count). The summed E-state index contributed by atoms with van der Waals surface area (Å²) in [7, 11) is -4.24. The van der Waals surface area contributed by atoms with Gasteiger partial charge in [-0.3, -0.25) is 19.7 Å². The van der Waals surface area contributed by atoms with Gasteiger partial charge in [0.1, 0.15) is 0 Å². The predicted octanol–water partition coefficient (Wildman–Crippen LogP) is -0.899. The van der Waals surface area contributed by atoms with Crippen LogP contribution in [0.1, 0.15) is 0 Å². The monoisotopic (exact) mass is 354 g/mol. The van der Waals surface area contributed by atoms with Crippen molar-refractivity contribution in [3.8, 4) is 0 Å². The van der Waals surface area contributed by atoms with Gasteiger partial charge in [0, 0.05) is 11.5 Å². The van der Waals surface area contributed by atoms with Gasteiger partial charge >= 0.3 is 11.1 Å². The Balaban J connectivity index is 0.00000208. The van der Waals surface area contributed by atoms with E-state index in [4.69, 9.17) is 5.14 Å². The van der Waals surface area contributed by atoms with Crippen molar-refractivity contribution in [2.24, 2.45) is 5.14 Å². The molecule has 0 atom stereocenters. The molecular formula is C12H10N4O7S. The number of aromatic amines is 2. The van der Waals surface area contributed by atoms with Crippen molar-refractivity contribution in [3.05, 3.63) is 55.1 Å². The molecule has 0 saturated heterocycles. The number of benzene rings is 2. The minimum Gasteiger partial charge on any atom is -0.412 e. The van der Waals surface area contributed by atoms with Crippen molar-refractivity contribution < 1.29 is 18.8 Å². The van der Waals surface area contributed by atoms with Crippen LogP contribution in [-0.4, -0.2) is 28.8 Å². The standard InChI is InChI=1S/C12H8N4O6S.H2O/c13-23(21,22)8-3-1-2-5-9(8)7(16(19)20)4-6-10(5)15-12(18)11(17)14-6;/h1-4H,(H,14,17)(H,15,18)(H2,13,21,22);1H2. The Labute approximate surface area is 132 Å². The first-order valence-electron chi connectivity index (χ1n) is 6.09. The molecule has 126 valence electrons. The van der Waals surface area contributed by atoms with Crippen LogP contribution in [0.25, 0.3) is 21.8 Å². The molecule has 1 heterocycles. The molecule has 0 fully saturated rings. The summed E-state index contributed by atoms with van der Waals surface area (Å²) in [5, 5.41) is 16.2. The van der Waals surface area contributed by atoms with Gasteiger partial charge < -0.3 is 15.4 Å². The van der Waals surface area contributed by atoms with E-state index in [-0.39, 0.29) is 27.3 Å². The van der Waals surface area contributed by atoms with E-state index in [2.05, 4.69) is 9.97 Å². The molecule has 0 spiro atoms. The summed E-state index contributed by atoms with van der Waals surface area (Å²) in [4.78, 5) is 37.5. The number of sulfonamides is 1. The molecule has 0 aliphatic carbocycles. The molecule has 0 aliphatic rings. The summed E-state index contributed by atoms with van der Waals surface area (Å²) in [6, 6.07) is 4.81. The number of non-ortho nitro benzene ring substituents is 1. The third-order valence-electron chi connectivity index (χ3n) is 3.30. The van der Waals surface area contributed by atoms with Gasteiger partial charge in [0.05, 0.1) is 26.2 Å². The normalized spacial score (nSPS) is 11.4. The van der Waals surface area contributed by atoms with Gasteiger partial charge in [-0.2, -0.15) is 0 Å². The summed E-state index contributed by atoms with van der Waals surface area (Å²) in [5.41, 5.74) is -2.43. The van der Waals surface area contributed by atoms with Gasteiger partial charge in [0.15, 0.2) is 0 Å². The number of nitrogens with two attached hydrogens (primary N) is 1. The molecule has 0 aliphatic heterocycles. The lowest BCUT2D eigenvalue weighted by molar-refractivity contribution is -0.383. The number of nitrogens with one attached hydrogen (secondary N) is 2. The van der Waals surface area contributed by atoms with Crippen molar-refractivity contribution in [1.29, 1.82) is 0 Å². The molecule has 24 heavy (non-hydrogen) atoms. The largest absolute Gasteiger partial charge is 0.412 e. The third kappa shape index (κ3) is 2.54. The molecule has 0 bridgehead atoms. The van der Waals surface area contributed by atoms with E-state index < -0.39 is 36.6 Å². The van der Waals surface area contributed by atoms with Crippen LogP contribution in [0.15, 0.2) is 38.8 Å². The van der Waals surface area contributed by atoms with E-state index in [9.17, 15) is 28.1 Å². The molecule has 11 nitrogen and oxygen atoms in total. The SMILES string of the molecule is NS(=O)(=O)c1cccc2c1c([N+](=O)[O-])cc1[nH]c(=O)c(=O)[nH]c12.O. The number of rotatable bonds is 2. The Kier molecular flexibility index (Phi) is 3.97. The van der Waals surface area contributed by atoms with Crippen molar-refractivity contribution in [1.82, 2.24) is 9.97 Å². The second-order valence-electron chi connectivity index (χ2n) is 4.71. The molecular weight excluding hydrogens is 344 g/mol. The molecule has 0 radical (unpaired) electrons. The minimum atomic E-state index is -4.24. The highest BCUT2D eigenvalue weighted by Gasteiger charge is 2.23. The smallest absolute Gasteiger partial charge is 0.314 e. The summed E-state index contributed by atoms with van der Waals surface area (Å²) >= 11 is 0. The average molecular weight is 354 g/mol. The van der Waals surface area contributed by atoms with Crippen LogP contribution in [0.5, 0.6) is 0 Å². The van der Waals surface area contributed by atoms with E-state index in [0.717, 1.165) is 12.1 Å². The zero-order valence-electron chi connectivity index (χ0n) is 11.7. The van der Waals surface area contributed by atoms with Gasteiger partial charge in [-0.1, -0.05) is 12.1 Å². The Hall–Kier alpha value is -3.09. The summed E-state index contributed by atoms with van der Waals surface area (Å²) < 4.78 is 23.4. The van der Waals surface area contributed by atoms with Crippen molar-refractivity contribution in [2.45, 2.75) is 4.90 Å². The fourth-order valence-electron chi connectivity index (χ4n) is 2.39. The van der Waals surface area contributed by atoms with Crippen LogP contribution in [0, 0.1) is 10.1 Å². The van der Waals surface area contributed by atoms with Gasteiger partial charge in [-0.15, -0.1) is 0 Å². The van der Waals surface area contributed by atoms with Gasteiger partial charge in [0.2, 0.25) is 10.0 Å². The molecule has 6 N–H and O–H groups in total. The van der Waals surface area contributed by atoms with Crippen LogP contribution in [0.3, 0.4) is 0 Å². The van der Waals surface area contributed by atoms with Crippen LogP contribution < -0.4 is 16.3 Å². The lowest BCUT2D eigenvalue weighted by Crippen LogP contribution is -2.29. The molecule has 3 aromatic rings. The zero-order valence-corrected chi connectivity index (χ0v) is 12.5. The number of nitro benzene ring substituents is 1.